The number of halogens is 1. The minimum absolute atomic E-state index is 0.0194. The molecule has 4 aromatic rings. The van der Waals surface area contributed by atoms with E-state index in [1.54, 1.807) is 42.7 Å². The first-order valence-corrected chi connectivity index (χ1v) is 20.1. The lowest BCUT2D eigenvalue weighted by atomic mass is 9.95. The van der Waals surface area contributed by atoms with Crippen LogP contribution in [-0.4, -0.2) is 107 Å². The van der Waals surface area contributed by atoms with Gasteiger partial charge in [-0.05, 0) is 94.1 Å². The van der Waals surface area contributed by atoms with Crippen molar-refractivity contribution in [1.29, 1.82) is 0 Å². The average Bonchev–Trinajstić information content (AvgIpc) is 3.13. The maximum absolute atomic E-state index is 14.5. The molecule has 3 heterocycles. The van der Waals surface area contributed by atoms with Crippen molar-refractivity contribution in [3.05, 3.63) is 89.4 Å². The van der Waals surface area contributed by atoms with Crippen LogP contribution in [0.2, 0.25) is 5.02 Å². The van der Waals surface area contributed by atoms with Crippen LogP contribution in [0.1, 0.15) is 47.1 Å². The van der Waals surface area contributed by atoms with Crippen molar-refractivity contribution < 1.29 is 38.5 Å². The third-order valence-electron chi connectivity index (χ3n) is 10.7. The summed E-state index contributed by atoms with van der Waals surface area (Å²) in [5.74, 6) is 0.200. The fraction of sp³-hybridized carbons (Fsp3) is 0.422. The normalized spacial score (nSPS) is 19.0. The van der Waals surface area contributed by atoms with Gasteiger partial charge in [0.1, 0.15) is 17.1 Å². The van der Waals surface area contributed by atoms with Gasteiger partial charge in [-0.3, -0.25) is 14.5 Å². The molecule has 0 aliphatic carbocycles. The molecule has 12 nitrogen and oxygen atoms in total. The van der Waals surface area contributed by atoms with Gasteiger partial charge in [0.15, 0.2) is 6.10 Å². The van der Waals surface area contributed by atoms with Crippen molar-refractivity contribution in [2.45, 2.75) is 65.7 Å². The van der Waals surface area contributed by atoms with Gasteiger partial charge >= 0.3 is 18.2 Å². The molecule has 0 spiro atoms. The minimum Gasteiger partial charge on any atom is -0.477 e. The summed E-state index contributed by atoms with van der Waals surface area (Å²) >= 11 is 7.13. The first-order chi connectivity index (χ1) is 27.4. The van der Waals surface area contributed by atoms with Gasteiger partial charge in [0.2, 0.25) is 0 Å². The van der Waals surface area contributed by atoms with E-state index in [0.717, 1.165) is 21.9 Å². The van der Waals surface area contributed by atoms with Gasteiger partial charge in [-0.2, -0.15) is 0 Å². The number of benzene rings is 4. The Bertz CT molecular complexity index is 2210. The number of piperazine rings is 1. The van der Waals surface area contributed by atoms with E-state index in [0.29, 0.717) is 73.5 Å². The smallest absolute Gasteiger partial charge is 0.410 e. The van der Waals surface area contributed by atoms with E-state index in [-0.39, 0.29) is 30.4 Å². The lowest BCUT2D eigenvalue weighted by molar-refractivity contribution is -0.143. The largest absolute Gasteiger partial charge is 0.477 e. The van der Waals surface area contributed by atoms with Crippen molar-refractivity contribution in [2.75, 3.05) is 50.7 Å². The number of rotatable bonds is 8. The van der Waals surface area contributed by atoms with Gasteiger partial charge in [0.25, 0.3) is 5.91 Å². The number of likely N-dealkylation sites (tertiary alicyclic amines) is 1. The zero-order valence-electron chi connectivity index (χ0n) is 33.9. The van der Waals surface area contributed by atoms with Crippen molar-refractivity contribution in [2.24, 2.45) is 11.3 Å². The zero-order valence-corrected chi connectivity index (χ0v) is 34.6. The van der Waals surface area contributed by atoms with Crippen LogP contribution in [0.25, 0.3) is 21.9 Å². The molecule has 0 saturated carbocycles. The van der Waals surface area contributed by atoms with Gasteiger partial charge in [-0.25, -0.2) is 9.59 Å². The molecule has 3 aliphatic rings. The Kier molecular flexibility index (Phi) is 11.4. The molecule has 0 bridgehead atoms. The van der Waals surface area contributed by atoms with Gasteiger partial charge in [-0.1, -0.05) is 66.2 Å². The number of carbonyl (C=O) groups excluding carboxylic acids is 3. The number of amides is 3. The third-order valence-corrected chi connectivity index (χ3v) is 11.0. The number of carbonyl (C=O) groups is 4. The topological polar surface area (TPSA) is 129 Å². The number of hydrogen-bond donors (Lipinski definition) is 1. The molecule has 306 valence electrons. The molecule has 58 heavy (non-hydrogen) atoms. The van der Waals surface area contributed by atoms with Crippen LogP contribution in [0.3, 0.4) is 0 Å². The molecule has 2 atom stereocenters. The second kappa shape index (κ2) is 16.1. The quantitative estimate of drug-likeness (QED) is 0.139. The Hall–Kier alpha value is -5.33. The molecule has 3 amide bonds. The van der Waals surface area contributed by atoms with Crippen LogP contribution in [-0.2, 0) is 20.7 Å². The van der Waals surface area contributed by atoms with E-state index in [4.69, 9.17) is 25.8 Å². The summed E-state index contributed by atoms with van der Waals surface area (Å²) in [4.78, 5) is 59.5. The standard InChI is InChI=1S/C45H51ClN4O8/c1-44(2,3)41(52)56-32-19-30-14-10-11-15-33(30)34(20-32)35-21-38-37(22-36(35)46)50(25-29-23-48(24-29)43(55)58-45(4,5)6)40(51)39(57-38)27-47-16-17-49(42(53)54)31(26-47)18-28-12-8-7-9-13-28/h7-15,19-22,29,31,39H,16-18,23-27H2,1-6H3,(H,53,54). The summed E-state index contributed by atoms with van der Waals surface area (Å²) in [5.41, 5.74) is 1.56. The average molecular weight is 811 g/mol. The molecule has 7 rings (SSSR count). The van der Waals surface area contributed by atoms with Crippen LogP contribution < -0.4 is 14.4 Å². The summed E-state index contributed by atoms with van der Waals surface area (Å²) in [6.45, 7) is 13.4. The third kappa shape index (κ3) is 9.03. The number of carboxylic acid groups (broad SMARTS) is 1. The summed E-state index contributed by atoms with van der Waals surface area (Å²) in [7, 11) is 0. The van der Waals surface area contributed by atoms with Crippen molar-refractivity contribution in [1.82, 2.24) is 14.7 Å². The van der Waals surface area contributed by atoms with Crippen molar-refractivity contribution in [3.8, 4) is 22.6 Å². The van der Waals surface area contributed by atoms with Crippen LogP contribution in [0.4, 0.5) is 15.3 Å². The first kappa shape index (κ1) is 40.9. The van der Waals surface area contributed by atoms with Crippen molar-refractivity contribution in [3.63, 3.8) is 0 Å². The Morgan fingerprint density at radius 1 is 0.862 bits per heavy atom. The second-order valence-electron chi connectivity index (χ2n) is 17.5. The molecule has 2 unspecified atom stereocenters. The van der Waals surface area contributed by atoms with E-state index in [1.807, 2.05) is 87.5 Å². The number of nitrogens with zero attached hydrogens (tertiary/aromatic N) is 4. The summed E-state index contributed by atoms with van der Waals surface area (Å²) in [6, 6.07) is 24.5. The van der Waals surface area contributed by atoms with Gasteiger partial charge in [-0.15, -0.1) is 0 Å². The van der Waals surface area contributed by atoms with E-state index in [2.05, 4.69) is 4.90 Å². The predicted octanol–water partition coefficient (Wildman–Crippen LogP) is 7.98. The fourth-order valence-corrected chi connectivity index (χ4v) is 7.99. The molecule has 4 aromatic carbocycles. The predicted molar refractivity (Wildman–Crippen MR) is 223 cm³/mol. The second-order valence-corrected chi connectivity index (χ2v) is 17.9. The highest BCUT2D eigenvalue weighted by molar-refractivity contribution is 6.34. The fourth-order valence-electron chi connectivity index (χ4n) is 7.73. The summed E-state index contributed by atoms with van der Waals surface area (Å²) < 4.78 is 18.1. The minimum atomic E-state index is -0.972. The van der Waals surface area contributed by atoms with Crippen LogP contribution in [0.15, 0.2) is 78.9 Å². The van der Waals surface area contributed by atoms with Crippen LogP contribution in [0.5, 0.6) is 11.5 Å². The van der Waals surface area contributed by atoms with E-state index in [1.165, 1.54) is 4.90 Å². The Labute approximate surface area is 344 Å². The van der Waals surface area contributed by atoms with Gasteiger partial charge in [0.05, 0.1) is 22.2 Å². The Morgan fingerprint density at radius 2 is 1.57 bits per heavy atom. The Balaban J connectivity index is 1.21. The lowest BCUT2D eigenvalue weighted by Gasteiger charge is -2.45. The number of fused-ring (bicyclic) bond motifs is 2. The molecule has 0 radical (unpaired) electrons. The monoisotopic (exact) mass is 810 g/mol. The maximum atomic E-state index is 14.5. The lowest BCUT2D eigenvalue weighted by Crippen LogP contribution is -2.60. The first-order valence-electron chi connectivity index (χ1n) is 19.7. The zero-order chi connectivity index (χ0) is 41.5. The maximum Gasteiger partial charge on any atom is 0.410 e. The molecular weight excluding hydrogens is 760 g/mol. The van der Waals surface area contributed by atoms with E-state index >= 15 is 0 Å². The van der Waals surface area contributed by atoms with Gasteiger partial charge in [0, 0.05) is 57.3 Å². The van der Waals surface area contributed by atoms with E-state index in [9.17, 15) is 24.3 Å². The molecule has 13 heteroatoms. The molecule has 3 aliphatic heterocycles. The summed E-state index contributed by atoms with van der Waals surface area (Å²) in [5, 5.41) is 12.2. The number of ether oxygens (including phenoxy) is 3. The molecule has 1 N–H and O–H groups in total. The highest BCUT2D eigenvalue weighted by Crippen LogP contribution is 2.45. The number of esters is 1. The number of anilines is 1. The van der Waals surface area contributed by atoms with Gasteiger partial charge < -0.3 is 34.0 Å². The number of hydrogen-bond acceptors (Lipinski definition) is 8. The molecular formula is C45H51ClN4O8. The van der Waals surface area contributed by atoms with Crippen LogP contribution in [0, 0.1) is 11.3 Å². The highest BCUT2D eigenvalue weighted by atomic mass is 35.5. The SMILES string of the molecule is CC(C)(C)OC(=O)N1CC(CN2C(=O)C(CN3CCN(C(=O)O)C(Cc4ccccc4)C3)Oc3cc(-c4cc(OC(=O)C(C)(C)C)cc5ccccc45)c(Cl)cc32)C1. The highest BCUT2D eigenvalue weighted by Gasteiger charge is 2.42. The van der Waals surface area contributed by atoms with E-state index < -0.39 is 29.3 Å². The summed E-state index contributed by atoms with van der Waals surface area (Å²) in [6.07, 6.45) is -1.74. The molecule has 2 fully saturated rings. The molecule has 0 aromatic heterocycles. The van der Waals surface area contributed by atoms with Crippen LogP contribution >= 0.6 is 11.6 Å². The Morgan fingerprint density at radius 3 is 2.26 bits per heavy atom. The molecule has 2 saturated heterocycles. The van der Waals surface area contributed by atoms with Crippen molar-refractivity contribution >= 4 is 52.1 Å².